The molecule has 0 aliphatic heterocycles. The van der Waals surface area contributed by atoms with Crippen LogP contribution in [-0.2, 0) is 79.3 Å². The van der Waals surface area contributed by atoms with E-state index >= 15 is 0 Å². The molecular formula is C36H84O12Si4Zr. The molecule has 12 nitrogen and oxygen atoms in total. The van der Waals surface area contributed by atoms with Crippen LogP contribution in [0, 0.1) is 27.7 Å². The van der Waals surface area contributed by atoms with Crippen LogP contribution in [0.2, 0.25) is 24.2 Å². The molecule has 0 aliphatic rings. The van der Waals surface area contributed by atoms with Crippen molar-refractivity contribution in [2.24, 2.45) is 0 Å². The monoisotopic (exact) mass is 910 g/mol. The van der Waals surface area contributed by atoms with Crippen molar-refractivity contribution in [3.8, 4) is 0 Å². The molecule has 0 saturated heterocycles. The Kier molecular flexibility index (Phi) is 53.1. The van der Waals surface area contributed by atoms with E-state index in [9.17, 15) is 0 Å². The number of hydrogen-bond acceptors (Lipinski definition) is 12. The zero-order valence-corrected chi connectivity index (χ0v) is 42.8. The molecule has 0 saturated carbocycles. The molecule has 17 heteroatoms. The predicted octanol–water partition coefficient (Wildman–Crippen LogP) is 9.03. The van der Waals surface area contributed by atoms with E-state index in [1.807, 2.05) is 83.1 Å². The zero-order valence-electron chi connectivity index (χ0n) is 36.4. The summed E-state index contributed by atoms with van der Waals surface area (Å²) >= 11 is 0. The minimum Gasteiger partial charge on any atom is -0.374 e. The number of hydrogen-bond donors (Lipinski definition) is 0. The standard InChI is InChI=1S/4C9H21O3Si.Zr/c4*1-5-9-13(10-6-2,11-7-3)12-8-4;/h4*1,5-9H2,2-4H3;/q4*-1;+4. The largest absolute Gasteiger partial charge is 4.00 e. The fourth-order valence-electron chi connectivity index (χ4n) is 4.87. The minimum atomic E-state index is -2.36. The first-order valence-corrected chi connectivity index (χ1v) is 27.5. The van der Waals surface area contributed by atoms with Crippen molar-refractivity contribution in [1.82, 2.24) is 0 Å². The summed E-state index contributed by atoms with van der Waals surface area (Å²) < 4.78 is 67.3. The van der Waals surface area contributed by atoms with Gasteiger partial charge in [0.2, 0.25) is 0 Å². The van der Waals surface area contributed by atoms with Gasteiger partial charge in [0, 0.05) is 79.3 Å². The summed E-state index contributed by atoms with van der Waals surface area (Å²) in [4.78, 5) is 0. The Hall–Kier alpha value is 1.27. The molecule has 0 N–H and O–H groups in total. The third-order valence-electron chi connectivity index (χ3n) is 6.30. The van der Waals surface area contributed by atoms with Gasteiger partial charge in [-0.15, -0.1) is 0 Å². The molecule has 0 radical (unpaired) electrons. The van der Waals surface area contributed by atoms with E-state index in [1.165, 1.54) is 0 Å². The normalized spacial score (nSPS) is 11.8. The first-order chi connectivity index (χ1) is 25.0. The Morgan fingerprint density at radius 1 is 0.245 bits per heavy atom. The second kappa shape index (κ2) is 44.4. The summed E-state index contributed by atoms with van der Waals surface area (Å²) in [5, 5.41) is 0. The van der Waals surface area contributed by atoms with Gasteiger partial charge in [-0.1, -0.05) is 0 Å². The average molecular weight is 913 g/mol. The first kappa shape index (κ1) is 63.4. The van der Waals surface area contributed by atoms with Gasteiger partial charge in [-0.25, -0.2) is 0 Å². The van der Waals surface area contributed by atoms with Crippen LogP contribution in [0.1, 0.15) is 109 Å². The summed E-state index contributed by atoms with van der Waals surface area (Å²) in [6.07, 6.45) is 3.19. The van der Waals surface area contributed by atoms with Crippen LogP contribution in [-0.4, -0.2) is 115 Å². The third-order valence-corrected chi connectivity index (χ3v) is 18.9. The van der Waals surface area contributed by atoms with Crippen molar-refractivity contribution in [2.45, 2.75) is 133 Å². The summed E-state index contributed by atoms with van der Waals surface area (Å²) in [5.41, 5.74) is 0. The van der Waals surface area contributed by atoms with E-state index < -0.39 is 35.2 Å². The summed E-state index contributed by atoms with van der Waals surface area (Å²) in [6.45, 7) is 46.5. The molecule has 0 rings (SSSR count). The van der Waals surface area contributed by atoms with E-state index in [4.69, 9.17) is 53.1 Å². The van der Waals surface area contributed by atoms with Gasteiger partial charge in [-0.05, 0) is 107 Å². The Bertz CT molecular complexity index is 479. The van der Waals surface area contributed by atoms with Crippen LogP contribution in [0.5, 0.6) is 0 Å². The quantitative estimate of drug-likeness (QED) is 0.0475. The van der Waals surface area contributed by atoms with Crippen LogP contribution < -0.4 is 0 Å². The van der Waals surface area contributed by atoms with E-state index in [-0.39, 0.29) is 26.2 Å². The smallest absolute Gasteiger partial charge is 0.374 e. The summed E-state index contributed by atoms with van der Waals surface area (Å²) in [7, 11) is -9.43. The SMILES string of the molecule is [CH2-]CC[Si](OCC)(OCC)OCC.[CH2-]CC[Si](OCC)(OCC)OCC.[CH2-]CC[Si](OCC)(OCC)OCC.[CH2-]CC[Si](OCC)(OCC)OCC.[Zr+4]. The molecule has 0 bridgehead atoms. The summed E-state index contributed by atoms with van der Waals surface area (Å²) in [6, 6.07) is 3.23. The van der Waals surface area contributed by atoms with Crippen molar-refractivity contribution in [3.05, 3.63) is 27.7 Å². The van der Waals surface area contributed by atoms with Gasteiger partial charge in [0.25, 0.3) is 0 Å². The van der Waals surface area contributed by atoms with E-state index in [0.717, 1.165) is 49.9 Å². The number of rotatable bonds is 32. The van der Waals surface area contributed by atoms with Gasteiger partial charge in [0.1, 0.15) is 0 Å². The van der Waals surface area contributed by atoms with E-state index in [0.29, 0.717) is 79.3 Å². The van der Waals surface area contributed by atoms with Crippen LogP contribution >= 0.6 is 0 Å². The van der Waals surface area contributed by atoms with Crippen molar-refractivity contribution in [1.29, 1.82) is 0 Å². The molecule has 0 aromatic heterocycles. The Morgan fingerprint density at radius 3 is 0.396 bits per heavy atom. The predicted molar refractivity (Wildman–Crippen MR) is 222 cm³/mol. The van der Waals surface area contributed by atoms with Crippen LogP contribution in [0.3, 0.4) is 0 Å². The average Bonchev–Trinajstić information content (AvgIpc) is 3.08. The minimum absolute atomic E-state index is 0. The van der Waals surface area contributed by atoms with Crippen LogP contribution in [0.15, 0.2) is 0 Å². The van der Waals surface area contributed by atoms with Gasteiger partial charge in [-0.2, -0.15) is 25.7 Å². The van der Waals surface area contributed by atoms with E-state index in [2.05, 4.69) is 27.7 Å². The van der Waals surface area contributed by atoms with Crippen molar-refractivity contribution >= 4 is 35.2 Å². The van der Waals surface area contributed by atoms with Gasteiger partial charge < -0.3 is 80.8 Å². The second-order valence-electron chi connectivity index (χ2n) is 10.3. The molecule has 0 fully saturated rings. The summed E-state index contributed by atoms with van der Waals surface area (Å²) in [5.74, 6) is 0. The molecule has 0 aromatic rings. The zero-order chi connectivity index (χ0) is 40.6. The molecule has 0 unspecified atom stereocenters. The van der Waals surface area contributed by atoms with Crippen molar-refractivity contribution < 1.29 is 79.3 Å². The van der Waals surface area contributed by atoms with Gasteiger partial charge in [0.05, 0.1) is 0 Å². The molecule has 320 valence electrons. The Balaban J connectivity index is -0.000000192. The van der Waals surface area contributed by atoms with Gasteiger partial charge in [-0.3, -0.25) is 0 Å². The van der Waals surface area contributed by atoms with Crippen LogP contribution in [0.25, 0.3) is 0 Å². The molecule has 0 aliphatic carbocycles. The molecule has 53 heavy (non-hydrogen) atoms. The third kappa shape index (κ3) is 32.9. The fraction of sp³-hybridized carbons (Fsp3) is 0.889. The molecule has 0 heterocycles. The molecule has 0 spiro atoms. The molecular weight excluding hydrogens is 828 g/mol. The van der Waals surface area contributed by atoms with Crippen molar-refractivity contribution in [3.63, 3.8) is 0 Å². The van der Waals surface area contributed by atoms with Crippen LogP contribution in [0.4, 0.5) is 0 Å². The topological polar surface area (TPSA) is 111 Å². The van der Waals surface area contributed by atoms with Crippen molar-refractivity contribution in [2.75, 3.05) is 79.3 Å². The maximum Gasteiger partial charge on any atom is 4.00 e. The maximum absolute atomic E-state index is 5.61. The molecule has 0 atom stereocenters. The molecule has 0 aromatic carbocycles. The maximum atomic E-state index is 5.61. The van der Waals surface area contributed by atoms with Gasteiger partial charge in [0.15, 0.2) is 0 Å². The van der Waals surface area contributed by atoms with Gasteiger partial charge >= 0.3 is 61.4 Å². The van der Waals surface area contributed by atoms with E-state index in [1.54, 1.807) is 0 Å². The second-order valence-corrected chi connectivity index (χ2v) is 21.3. The molecule has 0 amide bonds. The Morgan fingerprint density at radius 2 is 0.340 bits per heavy atom. The fourth-order valence-corrected chi connectivity index (χ4v) is 14.6. The Labute approximate surface area is 352 Å². The first-order valence-electron chi connectivity index (χ1n) is 19.8.